The van der Waals surface area contributed by atoms with Crippen molar-refractivity contribution in [1.82, 2.24) is 19.4 Å². The third-order valence-electron chi connectivity index (χ3n) is 6.12. The van der Waals surface area contributed by atoms with Crippen molar-refractivity contribution in [2.24, 2.45) is 5.73 Å². The topological polar surface area (TPSA) is 60.0 Å². The molecule has 2 aromatic heterocycles. The van der Waals surface area contributed by atoms with Gasteiger partial charge in [0.15, 0.2) is 0 Å². The molecule has 28 heavy (non-hydrogen) atoms. The minimum atomic E-state index is 0.311. The normalized spacial score (nSPS) is 20.7. The fraction of sp³-hybridized carbons (Fsp3) is 0.478. The fourth-order valence-electron chi connectivity index (χ4n) is 4.61. The summed E-state index contributed by atoms with van der Waals surface area (Å²) in [7, 11) is 2.24. The van der Waals surface area contributed by atoms with Crippen molar-refractivity contribution in [2.45, 2.75) is 57.7 Å². The van der Waals surface area contributed by atoms with Crippen LogP contribution in [-0.4, -0.2) is 33.0 Å². The van der Waals surface area contributed by atoms with Crippen LogP contribution < -0.4 is 5.73 Å². The number of unbranched alkanes of at least 4 members (excludes halogenated alkanes) is 1. The van der Waals surface area contributed by atoms with Gasteiger partial charge in [0.25, 0.3) is 0 Å². The standard InChI is InChI=1S/C23H31N5/c1-17-9-8-15-25-22(17)20-12-7-13-21(27(20)2)23-26-18-10-3-4-11-19(18)28(23)16-6-5-14-24/h3-4,8-11,15,20-21H,5-7,12-14,16,24H2,1-2H3/t20-,21+/m0/s1. The maximum Gasteiger partial charge on any atom is 0.127 e. The lowest BCUT2D eigenvalue weighted by Gasteiger charge is -2.39. The van der Waals surface area contributed by atoms with E-state index in [9.17, 15) is 0 Å². The highest BCUT2D eigenvalue weighted by Crippen LogP contribution is 2.41. The third kappa shape index (κ3) is 3.56. The molecule has 0 spiro atoms. The van der Waals surface area contributed by atoms with Crippen LogP contribution >= 0.6 is 0 Å². The zero-order chi connectivity index (χ0) is 19.5. The lowest BCUT2D eigenvalue weighted by Crippen LogP contribution is -2.35. The summed E-state index contributed by atoms with van der Waals surface area (Å²) in [6.45, 7) is 3.89. The van der Waals surface area contributed by atoms with Gasteiger partial charge in [0.1, 0.15) is 5.82 Å². The monoisotopic (exact) mass is 377 g/mol. The van der Waals surface area contributed by atoms with Crippen LogP contribution in [0.4, 0.5) is 0 Å². The van der Waals surface area contributed by atoms with Gasteiger partial charge in [-0.05, 0) is 76.4 Å². The molecule has 3 aromatic rings. The van der Waals surface area contributed by atoms with Crippen molar-refractivity contribution >= 4 is 11.0 Å². The second-order valence-corrected chi connectivity index (χ2v) is 7.94. The molecule has 1 fully saturated rings. The molecule has 1 aromatic carbocycles. The van der Waals surface area contributed by atoms with Crippen LogP contribution in [0.25, 0.3) is 11.0 Å². The van der Waals surface area contributed by atoms with Crippen LogP contribution in [0.5, 0.6) is 0 Å². The van der Waals surface area contributed by atoms with E-state index in [2.05, 4.69) is 53.8 Å². The van der Waals surface area contributed by atoms with E-state index in [0.717, 1.165) is 44.3 Å². The van der Waals surface area contributed by atoms with Crippen LogP contribution in [0.1, 0.15) is 61.3 Å². The number of aryl methyl sites for hydroxylation is 2. The van der Waals surface area contributed by atoms with Gasteiger partial charge in [-0.25, -0.2) is 4.98 Å². The van der Waals surface area contributed by atoms with Crippen molar-refractivity contribution < 1.29 is 0 Å². The van der Waals surface area contributed by atoms with E-state index in [1.165, 1.54) is 29.0 Å². The zero-order valence-corrected chi connectivity index (χ0v) is 17.0. The molecule has 0 amide bonds. The molecule has 0 aliphatic carbocycles. The maximum atomic E-state index is 5.74. The van der Waals surface area contributed by atoms with Gasteiger partial charge >= 0.3 is 0 Å². The molecule has 0 radical (unpaired) electrons. The molecule has 2 atom stereocenters. The Morgan fingerprint density at radius 2 is 1.89 bits per heavy atom. The predicted octanol–water partition coefficient (Wildman–Crippen LogP) is 4.38. The molecule has 0 saturated carbocycles. The van der Waals surface area contributed by atoms with Crippen LogP contribution in [0.2, 0.25) is 0 Å². The highest BCUT2D eigenvalue weighted by molar-refractivity contribution is 5.76. The number of rotatable bonds is 6. The molecule has 1 saturated heterocycles. The lowest BCUT2D eigenvalue weighted by molar-refractivity contribution is 0.104. The average molecular weight is 378 g/mol. The molecule has 5 nitrogen and oxygen atoms in total. The minimum Gasteiger partial charge on any atom is -0.330 e. The Bertz CT molecular complexity index is 932. The first-order valence-electron chi connectivity index (χ1n) is 10.5. The van der Waals surface area contributed by atoms with Gasteiger partial charge in [-0.2, -0.15) is 0 Å². The third-order valence-corrected chi connectivity index (χ3v) is 6.12. The van der Waals surface area contributed by atoms with E-state index in [0.29, 0.717) is 12.1 Å². The van der Waals surface area contributed by atoms with Gasteiger partial charge in [-0.15, -0.1) is 0 Å². The smallest absolute Gasteiger partial charge is 0.127 e. The Hall–Kier alpha value is -2.24. The number of pyridine rings is 1. The summed E-state index contributed by atoms with van der Waals surface area (Å²) in [6, 6.07) is 13.4. The molecule has 1 aliphatic rings. The molecule has 3 heterocycles. The van der Waals surface area contributed by atoms with E-state index in [-0.39, 0.29) is 0 Å². The second kappa shape index (κ2) is 8.41. The second-order valence-electron chi connectivity index (χ2n) is 7.94. The highest BCUT2D eigenvalue weighted by atomic mass is 15.2. The van der Waals surface area contributed by atoms with Crippen molar-refractivity contribution in [3.63, 3.8) is 0 Å². The minimum absolute atomic E-state index is 0.311. The van der Waals surface area contributed by atoms with Gasteiger partial charge in [0, 0.05) is 12.7 Å². The van der Waals surface area contributed by atoms with E-state index < -0.39 is 0 Å². The molecular formula is C23H31N5. The van der Waals surface area contributed by atoms with Gasteiger partial charge < -0.3 is 10.3 Å². The Balaban J connectivity index is 1.70. The number of fused-ring (bicyclic) bond motifs is 1. The van der Waals surface area contributed by atoms with Crippen LogP contribution in [0.3, 0.4) is 0 Å². The van der Waals surface area contributed by atoms with Crippen LogP contribution in [0, 0.1) is 6.92 Å². The number of likely N-dealkylation sites (tertiary alicyclic amines) is 1. The summed E-state index contributed by atoms with van der Waals surface area (Å²) in [5.74, 6) is 1.19. The lowest BCUT2D eigenvalue weighted by atomic mass is 9.92. The number of aromatic nitrogens is 3. The van der Waals surface area contributed by atoms with E-state index in [4.69, 9.17) is 15.7 Å². The number of piperidine rings is 1. The van der Waals surface area contributed by atoms with Crippen molar-refractivity contribution in [2.75, 3.05) is 13.6 Å². The first-order valence-corrected chi connectivity index (χ1v) is 10.5. The summed E-state index contributed by atoms with van der Waals surface area (Å²) >= 11 is 0. The zero-order valence-electron chi connectivity index (χ0n) is 17.0. The molecule has 148 valence electrons. The van der Waals surface area contributed by atoms with Gasteiger partial charge in [-0.1, -0.05) is 18.2 Å². The van der Waals surface area contributed by atoms with Crippen molar-refractivity contribution in [3.8, 4) is 0 Å². The molecule has 0 bridgehead atoms. The largest absolute Gasteiger partial charge is 0.330 e. The number of hydrogen-bond acceptors (Lipinski definition) is 4. The maximum absolute atomic E-state index is 5.74. The Morgan fingerprint density at radius 3 is 2.71 bits per heavy atom. The SMILES string of the molecule is Cc1cccnc1[C@@H]1CCC[C@H](c2nc3ccccc3n2CCCCN)N1C. The number of nitrogens with two attached hydrogens (primary N) is 1. The summed E-state index contributed by atoms with van der Waals surface area (Å²) in [6.07, 6.45) is 7.53. The molecule has 4 rings (SSSR count). The Kier molecular flexibility index (Phi) is 5.74. The van der Waals surface area contributed by atoms with E-state index >= 15 is 0 Å². The van der Waals surface area contributed by atoms with Gasteiger partial charge in [0.2, 0.25) is 0 Å². The molecule has 5 heteroatoms. The van der Waals surface area contributed by atoms with Crippen LogP contribution in [-0.2, 0) is 6.54 Å². The van der Waals surface area contributed by atoms with Crippen LogP contribution in [0.15, 0.2) is 42.6 Å². The Labute approximate surface area is 167 Å². The number of hydrogen-bond donors (Lipinski definition) is 1. The quantitative estimate of drug-likeness (QED) is 0.648. The Morgan fingerprint density at radius 1 is 1.07 bits per heavy atom. The molecule has 0 unspecified atom stereocenters. The number of para-hydroxylation sites is 2. The summed E-state index contributed by atoms with van der Waals surface area (Å²) in [5.41, 5.74) is 10.6. The fourth-order valence-corrected chi connectivity index (χ4v) is 4.61. The first kappa shape index (κ1) is 19.1. The summed E-state index contributed by atoms with van der Waals surface area (Å²) in [4.78, 5) is 12.3. The predicted molar refractivity (Wildman–Crippen MR) is 114 cm³/mol. The van der Waals surface area contributed by atoms with E-state index in [1.807, 2.05) is 12.3 Å². The van der Waals surface area contributed by atoms with Gasteiger partial charge in [-0.3, -0.25) is 9.88 Å². The summed E-state index contributed by atoms with van der Waals surface area (Å²) < 4.78 is 2.43. The van der Waals surface area contributed by atoms with E-state index in [1.54, 1.807) is 0 Å². The number of benzene rings is 1. The van der Waals surface area contributed by atoms with Gasteiger partial charge in [0.05, 0.1) is 28.8 Å². The number of nitrogens with zero attached hydrogens (tertiary/aromatic N) is 4. The number of imidazole rings is 1. The first-order chi connectivity index (χ1) is 13.7. The highest BCUT2D eigenvalue weighted by Gasteiger charge is 2.34. The molecular weight excluding hydrogens is 346 g/mol. The average Bonchev–Trinajstić information content (AvgIpc) is 3.08. The van der Waals surface area contributed by atoms with Crippen molar-refractivity contribution in [1.29, 1.82) is 0 Å². The van der Waals surface area contributed by atoms with Crippen molar-refractivity contribution in [3.05, 3.63) is 59.7 Å². The summed E-state index contributed by atoms with van der Waals surface area (Å²) in [5, 5.41) is 0. The molecule has 2 N–H and O–H groups in total. The molecule has 1 aliphatic heterocycles.